The standard InChI is InChI=1S/C13H19N/c1-5-7-8-12-9-11(4)14-13(12)10(3)6-2/h5,7-10,14H,1,6H2,2-4H3/b8-7-. The normalized spacial score (nSPS) is 13.4. The molecule has 0 bridgehead atoms. The summed E-state index contributed by atoms with van der Waals surface area (Å²) in [6, 6.07) is 2.18. The number of allylic oxidation sites excluding steroid dienone is 2. The van der Waals surface area contributed by atoms with E-state index in [1.165, 1.54) is 17.0 Å². The first-order valence-electron chi connectivity index (χ1n) is 5.17. The fourth-order valence-corrected chi connectivity index (χ4v) is 1.55. The second kappa shape index (κ2) is 4.85. The van der Waals surface area contributed by atoms with Crippen molar-refractivity contribution in [3.8, 4) is 0 Å². The first-order valence-corrected chi connectivity index (χ1v) is 5.17. The Morgan fingerprint density at radius 1 is 1.57 bits per heavy atom. The van der Waals surface area contributed by atoms with Gasteiger partial charge in [-0.2, -0.15) is 0 Å². The van der Waals surface area contributed by atoms with E-state index in [2.05, 4.69) is 44.5 Å². The van der Waals surface area contributed by atoms with Gasteiger partial charge >= 0.3 is 0 Å². The van der Waals surface area contributed by atoms with E-state index in [0.29, 0.717) is 5.92 Å². The number of H-pyrrole nitrogens is 1. The van der Waals surface area contributed by atoms with Crippen molar-refractivity contribution in [2.24, 2.45) is 0 Å². The molecule has 0 aromatic carbocycles. The summed E-state index contributed by atoms with van der Waals surface area (Å²) in [4.78, 5) is 3.42. The maximum atomic E-state index is 3.68. The molecule has 0 saturated heterocycles. The third-order valence-corrected chi connectivity index (χ3v) is 2.53. The van der Waals surface area contributed by atoms with Gasteiger partial charge in [0.1, 0.15) is 0 Å². The average molecular weight is 189 g/mol. The Morgan fingerprint density at radius 2 is 2.29 bits per heavy atom. The molecular weight excluding hydrogens is 170 g/mol. The summed E-state index contributed by atoms with van der Waals surface area (Å²) in [5.74, 6) is 0.591. The van der Waals surface area contributed by atoms with Crippen molar-refractivity contribution >= 4 is 6.08 Å². The summed E-state index contributed by atoms with van der Waals surface area (Å²) >= 11 is 0. The van der Waals surface area contributed by atoms with Crippen molar-refractivity contribution in [1.82, 2.24) is 4.98 Å². The Bertz CT molecular complexity index is 331. The van der Waals surface area contributed by atoms with Gasteiger partial charge in [0.05, 0.1) is 0 Å². The van der Waals surface area contributed by atoms with E-state index in [0.717, 1.165) is 6.42 Å². The largest absolute Gasteiger partial charge is 0.362 e. The lowest BCUT2D eigenvalue weighted by Crippen LogP contribution is -1.93. The molecule has 0 aliphatic heterocycles. The zero-order valence-electron chi connectivity index (χ0n) is 9.30. The minimum Gasteiger partial charge on any atom is -0.362 e. The molecule has 1 nitrogen and oxygen atoms in total. The fraction of sp³-hybridized carbons (Fsp3) is 0.385. The summed E-state index contributed by atoms with van der Waals surface area (Å²) in [7, 11) is 0. The molecule has 0 amide bonds. The van der Waals surface area contributed by atoms with Crippen LogP contribution in [-0.4, -0.2) is 4.98 Å². The molecule has 0 aliphatic rings. The lowest BCUT2D eigenvalue weighted by Gasteiger charge is -2.07. The Morgan fingerprint density at radius 3 is 2.86 bits per heavy atom. The molecule has 1 unspecified atom stereocenters. The second-order valence-corrected chi connectivity index (χ2v) is 3.73. The summed E-state index contributed by atoms with van der Waals surface area (Å²) in [5.41, 5.74) is 3.85. The van der Waals surface area contributed by atoms with Gasteiger partial charge in [-0.1, -0.05) is 38.7 Å². The number of nitrogens with one attached hydrogen (secondary N) is 1. The van der Waals surface area contributed by atoms with Crippen molar-refractivity contribution in [3.05, 3.63) is 41.7 Å². The van der Waals surface area contributed by atoms with Gasteiger partial charge in [0.25, 0.3) is 0 Å². The molecule has 1 heterocycles. The molecule has 1 heteroatoms. The molecule has 0 fully saturated rings. The molecule has 1 aromatic heterocycles. The Labute approximate surface area is 86.5 Å². The predicted octanol–water partition coefficient (Wildman–Crippen LogP) is 4.04. The Kier molecular flexibility index (Phi) is 3.75. The Hall–Kier alpha value is -1.24. The maximum absolute atomic E-state index is 3.68. The minimum atomic E-state index is 0.591. The third-order valence-electron chi connectivity index (χ3n) is 2.53. The molecule has 1 rings (SSSR count). The number of rotatable bonds is 4. The third kappa shape index (κ3) is 2.38. The van der Waals surface area contributed by atoms with Crippen molar-refractivity contribution < 1.29 is 0 Å². The van der Waals surface area contributed by atoms with Crippen molar-refractivity contribution in [2.75, 3.05) is 0 Å². The van der Waals surface area contributed by atoms with Gasteiger partial charge in [-0.05, 0) is 30.9 Å². The van der Waals surface area contributed by atoms with Crippen LogP contribution >= 0.6 is 0 Å². The molecular formula is C13H19N. The average Bonchev–Trinajstić information content (AvgIpc) is 2.55. The van der Waals surface area contributed by atoms with Gasteiger partial charge in [-0.3, -0.25) is 0 Å². The zero-order chi connectivity index (χ0) is 10.6. The van der Waals surface area contributed by atoms with E-state index in [4.69, 9.17) is 0 Å². The van der Waals surface area contributed by atoms with E-state index in [1.807, 2.05) is 12.2 Å². The molecule has 76 valence electrons. The van der Waals surface area contributed by atoms with Gasteiger partial charge in [0, 0.05) is 11.4 Å². The van der Waals surface area contributed by atoms with Gasteiger partial charge in [-0.15, -0.1) is 0 Å². The monoisotopic (exact) mass is 189 g/mol. The van der Waals surface area contributed by atoms with Gasteiger partial charge in [-0.25, -0.2) is 0 Å². The highest BCUT2D eigenvalue weighted by Gasteiger charge is 2.09. The van der Waals surface area contributed by atoms with E-state index < -0.39 is 0 Å². The van der Waals surface area contributed by atoms with E-state index in [1.54, 1.807) is 0 Å². The van der Waals surface area contributed by atoms with Crippen LogP contribution in [0.1, 0.15) is 43.1 Å². The number of aromatic nitrogens is 1. The predicted molar refractivity (Wildman–Crippen MR) is 63.5 cm³/mol. The van der Waals surface area contributed by atoms with Crippen LogP contribution in [-0.2, 0) is 0 Å². The smallest absolute Gasteiger partial charge is 0.0251 e. The topological polar surface area (TPSA) is 15.8 Å². The summed E-state index contributed by atoms with van der Waals surface area (Å²) in [6.45, 7) is 10.2. The highest BCUT2D eigenvalue weighted by molar-refractivity contribution is 5.55. The minimum absolute atomic E-state index is 0.591. The number of aryl methyl sites for hydroxylation is 1. The summed E-state index contributed by atoms with van der Waals surface area (Å²) in [6.07, 6.45) is 7.06. The van der Waals surface area contributed by atoms with Crippen LogP contribution in [0.15, 0.2) is 24.8 Å². The summed E-state index contributed by atoms with van der Waals surface area (Å²) in [5, 5.41) is 0. The molecule has 1 N–H and O–H groups in total. The Balaban J connectivity index is 3.02. The van der Waals surface area contributed by atoms with Gasteiger partial charge in [0.2, 0.25) is 0 Å². The van der Waals surface area contributed by atoms with Crippen LogP contribution in [0.4, 0.5) is 0 Å². The fourth-order valence-electron chi connectivity index (χ4n) is 1.55. The van der Waals surface area contributed by atoms with Gasteiger partial charge in [0.15, 0.2) is 0 Å². The number of hydrogen-bond acceptors (Lipinski definition) is 0. The van der Waals surface area contributed by atoms with Gasteiger partial charge < -0.3 is 4.98 Å². The van der Waals surface area contributed by atoms with Crippen LogP contribution in [0.2, 0.25) is 0 Å². The lowest BCUT2D eigenvalue weighted by atomic mass is 10.0. The van der Waals surface area contributed by atoms with E-state index in [-0.39, 0.29) is 0 Å². The first kappa shape index (κ1) is 10.8. The lowest BCUT2D eigenvalue weighted by molar-refractivity contribution is 0.710. The van der Waals surface area contributed by atoms with Crippen molar-refractivity contribution in [2.45, 2.75) is 33.1 Å². The van der Waals surface area contributed by atoms with Crippen LogP contribution in [0.25, 0.3) is 6.08 Å². The first-order chi connectivity index (χ1) is 6.69. The molecule has 0 saturated carbocycles. The molecule has 0 spiro atoms. The molecule has 1 aromatic rings. The number of aromatic amines is 1. The zero-order valence-corrected chi connectivity index (χ0v) is 9.30. The summed E-state index contributed by atoms with van der Waals surface area (Å²) < 4.78 is 0. The molecule has 0 aliphatic carbocycles. The number of hydrogen-bond donors (Lipinski definition) is 1. The SMILES string of the molecule is C=C/C=C\c1cc(C)[nH]c1C(C)CC. The van der Waals surface area contributed by atoms with Crippen molar-refractivity contribution in [3.63, 3.8) is 0 Å². The molecule has 0 radical (unpaired) electrons. The van der Waals surface area contributed by atoms with E-state index >= 15 is 0 Å². The van der Waals surface area contributed by atoms with Crippen LogP contribution < -0.4 is 0 Å². The highest BCUT2D eigenvalue weighted by atomic mass is 14.7. The van der Waals surface area contributed by atoms with Crippen LogP contribution in [0.5, 0.6) is 0 Å². The quantitative estimate of drug-likeness (QED) is 0.688. The van der Waals surface area contributed by atoms with Crippen LogP contribution in [0.3, 0.4) is 0 Å². The maximum Gasteiger partial charge on any atom is 0.0251 e. The molecule has 14 heavy (non-hydrogen) atoms. The second-order valence-electron chi connectivity index (χ2n) is 3.73. The van der Waals surface area contributed by atoms with E-state index in [9.17, 15) is 0 Å². The molecule has 1 atom stereocenters. The highest BCUT2D eigenvalue weighted by Crippen LogP contribution is 2.23. The van der Waals surface area contributed by atoms with Crippen molar-refractivity contribution in [1.29, 1.82) is 0 Å². The van der Waals surface area contributed by atoms with Crippen LogP contribution in [0, 0.1) is 6.92 Å².